The van der Waals surface area contributed by atoms with E-state index in [1.54, 1.807) is 6.07 Å². The van der Waals surface area contributed by atoms with Gasteiger partial charge in [0.1, 0.15) is 0 Å². The number of aromatic nitrogens is 1. The van der Waals surface area contributed by atoms with Crippen molar-refractivity contribution in [1.29, 1.82) is 0 Å². The van der Waals surface area contributed by atoms with Crippen LogP contribution in [0.4, 0.5) is 11.5 Å². The van der Waals surface area contributed by atoms with Crippen molar-refractivity contribution < 1.29 is 9.72 Å². The first-order chi connectivity index (χ1) is 8.66. The van der Waals surface area contributed by atoms with E-state index in [1.165, 1.54) is 12.3 Å². The molecule has 1 heterocycles. The van der Waals surface area contributed by atoms with E-state index >= 15 is 0 Å². The van der Waals surface area contributed by atoms with Gasteiger partial charge in [-0.05, 0) is 28.8 Å². The van der Waals surface area contributed by atoms with E-state index in [9.17, 15) is 14.9 Å². The highest BCUT2D eigenvalue weighted by Crippen LogP contribution is 2.28. The molecule has 0 spiro atoms. The summed E-state index contributed by atoms with van der Waals surface area (Å²) in [5, 5.41) is 16.2. The average molecular weight is 250 g/mol. The molecule has 2 rings (SSSR count). The molecule has 2 N–H and O–H groups in total. The molecule has 0 unspecified atom stereocenters. The van der Waals surface area contributed by atoms with Gasteiger partial charge in [-0.1, -0.05) is 0 Å². The third-order valence-corrected chi connectivity index (χ3v) is 2.64. The molecule has 0 aliphatic heterocycles. The lowest BCUT2D eigenvalue weighted by atomic mass is 10.4. The maximum Gasteiger partial charge on any atom is 0.363 e. The zero-order chi connectivity index (χ0) is 13.0. The summed E-state index contributed by atoms with van der Waals surface area (Å²) >= 11 is 0. The third-order valence-electron chi connectivity index (χ3n) is 2.64. The number of amides is 1. The van der Waals surface area contributed by atoms with Gasteiger partial charge in [-0.2, -0.15) is 0 Å². The van der Waals surface area contributed by atoms with Gasteiger partial charge in [-0.15, -0.1) is 0 Å². The van der Waals surface area contributed by atoms with Crippen molar-refractivity contribution >= 4 is 17.4 Å². The Kier molecular flexibility index (Phi) is 3.71. The smallest absolute Gasteiger partial charge is 0.363 e. The van der Waals surface area contributed by atoms with Crippen molar-refractivity contribution in [2.45, 2.75) is 12.8 Å². The van der Waals surface area contributed by atoms with Crippen molar-refractivity contribution in [2.24, 2.45) is 5.92 Å². The summed E-state index contributed by atoms with van der Waals surface area (Å²) in [5.74, 6) is 0.146. The number of rotatable bonds is 6. The van der Waals surface area contributed by atoms with Crippen LogP contribution in [-0.2, 0) is 4.79 Å². The lowest BCUT2D eigenvalue weighted by Gasteiger charge is -2.06. The SMILES string of the molecule is O=C(NCCNc1ccc([N+](=O)[O-])nc1)C1CC1. The first kappa shape index (κ1) is 12.3. The van der Waals surface area contributed by atoms with Crippen LogP contribution in [0.2, 0.25) is 0 Å². The Balaban J connectivity index is 1.69. The summed E-state index contributed by atoms with van der Waals surface area (Å²) in [7, 11) is 0. The lowest BCUT2D eigenvalue weighted by molar-refractivity contribution is -0.389. The molecule has 0 bridgehead atoms. The van der Waals surface area contributed by atoms with Gasteiger partial charge < -0.3 is 20.7 Å². The molecular weight excluding hydrogens is 236 g/mol. The zero-order valence-electron chi connectivity index (χ0n) is 9.76. The second-order valence-corrected chi connectivity index (χ2v) is 4.15. The molecule has 18 heavy (non-hydrogen) atoms. The summed E-state index contributed by atoms with van der Waals surface area (Å²) in [6, 6.07) is 2.93. The van der Waals surface area contributed by atoms with Gasteiger partial charge in [0, 0.05) is 25.1 Å². The van der Waals surface area contributed by atoms with E-state index in [1.807, 2.05) is 0 Å². The van der Waals surface area contributed by atoms with E-state index in [2.05, 4.69) is 15.6 Å². The van der Waals surface area contributed by atoms with E-state index < -0.39 is 4.92 Å². The van der Waals surface area contributed by atoms with Crippen molar-refractivity contribution in [3.05, 3.63) is 28.4 Å². The van der Waals surface area contributed by atoms with Gasteiger partial charge in [-0.3, -0.25) is 4.79 Å². The Bertz CT molecular complexity index is 442. The highest BCUT2D eigenvalue weighted by atomic mass is 16.6. The topological polar surface area (TPSA) is 97.2 Å². The summed E-state index contributed by atoms with van der Waals surface area (Å²) < 4.78 is 0. The number of nitro groups is 1. The van der Waals surface area contributed by atoms with Gasteiger partial charge in [-0.25, -0.2) is 0 Å². The van der Waals surface area contributed by atoms with Crippen LogP contribution in [0.25, 0.3) is 0 Å². The van der Waals surface area contributed by atoms with Crippen LogP contribution < -0.4 is 10.6 Å². The minimum atomic E-state index is -0.542. The standard InChI is InChI=1S/C11H14N4O3/c16-11(8-1-2-8)13-6-5-12-9-3-4-10(14-7-9)15(17)18/h3-4,7-8,12H,1-2,5-6H2,(H,13,16). The molecule has 7 heteroatoms. The average Bonchev–Trinajstić information content (AvgIpc) is 3.19. The highest BCUT2D eigenvalue weighted by molar-refractivity contribution is 5.80. The van der Waals surface area contributed by atoms with Gasteiger partial charge in [0.2, 0.25) is 5.91 Å². The van der Waals surface area contributed by atoms with Crippen molar-refractivity contribution in [3.8, 4) is 0 Å². The molecule has 0 aromatic carbocycles. The maximum atomic E-state index is 11.3. The molecule has 1 aromatic heterocycles. The molecule has 0 atom stereocenters. The monoisotopic (exact) mass is 250 g/mol. The minimum absolute atomic E-state index is 0.110. The van der Waals surface area contributed by atoms with Crippen LogP contribution in [0.15, 0.2) is 18.3 Å². The number of nitrogens with one attached hydrogen (secondary N) is 2. The molecule has 1 aromatic rings. The van der Waals surface area contributed by atoms with Crippen LogP contribution in [-0.4, -0.2) is 28.9 Å². The Morgan fingerprint density at radius 3 is 2.78 bits per heavy atom. The summed E-state index contributed by atoms with van der Waals surface area (Å²) in [6.07, 6.45) is 3.39. The fraction of sp³-hybridized carbons (Fsp3) is 0.455. The van der Waals surface area contributed by atoms with E-state index in [0.717, 1.165) is 12.8 Å². The van der Waals surface area contributed by atoms with Crippen LogP contribution >= 0.6 is 0 Å². The second kappa shape index (κ2) is 5.44. The van der Waals surface area contributed by atoms with Gasteiger partial charge in [0.05, 0.1) is 5.69 Å². The molecule has 0 radical (unpaired) electrons. The predicted octanol–water partition coefficient (Wildman–Crippen LogP) is 0.928. The Hall–Kier alpha value is -2.18. The quantitative estimate of drug-likeness (QED) is 0.444. The van der Waals surface area contributed by atoms with Crippen LogP contribution in [0, 0.1) is 16.0 Å². The number of carbonyl (C=O) groups excluding carboxylic acids is 1. The molecule has 1 aliphatic rings. The molecule has 1 saturated carbocycles. The van der Waals surface area contributed by atoms with Gasteiger partial charge in [0.15, 0.2) is 6.20 Å². The molecule has 7 nitrogen and oxygen atoms in total. The molecule has 1 aliphatic carbocycles. The highest BCUT2D eigenvalue weighted by Gasteiger charge is 2.28. The largest absolute Gasteiger partial charge is 0.380 e. The van der Waals surface area contributed by atoms with Crippen molar-refractivity contribution in [1.82, 2.24) is 10.3 Å². The maximum absolute atomic E-state index is 11.3. The van der Waals surface area contributed by atoms with Gasteiger partial charge >= 0.3 is 5.82 Å². The second-order valence-electron chi connectivity index (χ2n) is 4.15. The number of pyridine rings is 1. The lowest BCUT2D eigenvalue weighted by Crippen LogP contribution is -2.29. The van der Waals surface area contributed by atoms with Crippen LogP contribution in [0.5, 0.6) is 0 Å². The van der Waals surface area contributed by atoms with Gasteiger partial charge in [0.25, 0.3) is 0 Å². The number of anilines is 1. The first-order valence-electron chi connectivity index (χ1n) is 5.79. The summed E-state index contributed by atoms with van der Waals surface area (Å²) in [5.41, 5.74) is 0.696. The predicted molar refractivity (Wildman–Crippen MR) is 65.1 cm³/mol. The molecule has 1 fully saturated rings. The van der Waals surface area contributed by atoms with Crippen molar-refractivity contribution in [3.63, 3.8) is 0 Å². The zero-order valence-corrected chi connectivity index (χ0v) is 9.76. The number of carbonyl (C=O) groups is 1. The summed E-state index contributed by atoms with van der Waals surface area (Å²) in [6.45, 7) is 1.10. The molecular formula is C11H14N4O3. The Morgan fingerprint density at radius 1 is 1.44 bits per heavy atom. The summed E-state index contributed by atoms with van der Waals surface area (Å²) in [4.78, 5) is 24.8. The minimum Gasteiger partial charge on any atom is -0.380 e. The third kappa shape index (κ3) is 3.41. The normalized spacial score (nSPS) is 14.0. The van der Waals surface area contributed by atoms with Crippen LogP contribution in [0.3, 0.4) is 0 Å². The number of hydrogen-bond donors (Lipinski definition) is 2. The van der Waals surface area contributed by atoms with E-state index in [0.29, 0.717) is 18.8 Å². The number of nitrogens with zero attached hydrogens (tertiary/aromatic N) is 2. The Morgan fingerprint density at radius 2 is 2.22 bits per heavy atom. The van der Waals surface area contributed by atoms with Crippen molar-refractivity contribution in [2.75, 3.05) is 18.4 Å². The molecule has 96 valence electrons. The molecule has 0 saturated heterocycles. The van der Waals surface area contributed by atoms with Crippen LogP contribution in [0.1, 0.15) is 12.8 Å². The Labute approximate surface area is 104 Å². The number of hydrogen-bond acceptors (Lipinski definition) is 5. The van der Waals surface area contributed by atoms with E-state index in [-0.39, 0.29) is 17.6 Å². The van der Waals surface area contributed by atoms with E-state index in [4.69, 9.17) is 0 Å². The molecule has 1 amide bonds. The fourth-order valence-corrected chi connectivity index (χ4v) is 1.48. The fourth-order valence-electron chi connectivity index (χ4n) is 1.48. The first-order valence-corrected chi connectivity index (χ1v) is 5.79.